The van der Waals surface area contributed by atoms with Crippen LogP contribution in [0.1, 0.15) is 41.0 Å². The van der Waals surface area contributed by atoms with Gasteiger partial charge in [-0.1, -0.05) is 13.8 Å². The van der Waals surface area contributed by atoms with Gasteiger partial charge in [0.1, 0.15) is 6.04 Å². The van der Waals surface area contributed by atoms with Crippen LogP contribution < -0.4 is 11.1 Å². The number of nitrogens with two attached hydrogens (primary N) is 1. The van der Waals surface area contributed by atoms with Crippen molar-refractivity contribution >= 4 is 23.6 Å². The van der Waals surface area contributed by atoms with Gasteiger partial charge in [-0.2, -0.15) is 0 Å². The Balaban J connectivity index is 4.31. The number of carboxylic acid groups (broad SMARTS) is 1. The zero-order chi connectivity index (χ0) is 15.2. The first-order chi connectivity index (χ1) is 8.58. The van der Waals surface area contributed by atoms with Crippen LogP contribution >= 0.6 is 11.8 Å². The molecule has 1 unspecified atom stereocenters. The lowest BCUT2D eigenvalue weighted by Gasteiger charge is -2.30. The van der Waals surface area contributed by atoms with E-state index in [2.05, 4.69) is 19.2 Å². The van der Waals surface area contributed by atoms with E-state index in [1.807, 2.05) is 0 Å². The van der Waals surface area contributed by atoms with Gasteiger partial charge in [0.15, 0.2) is 0 Å². The Morgan fingerprint density at radius 2 is 1.84 bits per heavy atom. The first-order valence-electron chi connectivity index (χ1n) is 6.51. The molecule has 112 valence electrons. The predicted octanol–water partition coefficient (Wildman–Crippen LogP) is 1.46. The number of amides is 1. The Morgan fingerprint density at radius 3 is 2.26 bits per heavy atom. The lowest BCUT2D eigenvalue weighted by Crippen LogP contribution is -2.48. The molecule has 0 radical (unpaired) electrons. The molecule has 0 aromatic carbocycles. The minimum atomic E-state index is -1.05. The number of aliphatic carboxylic acids is 1. The lowest BCUT2D eigenvalue weighted by atomic mass is 10.1. The van der Waals surface area contributed by atoms with Crippen molar-refractivity contribution in [3.8, 4) is 0 Å². The van der Waals surface area contributed by atoms with Crippen molar-refractivity contribution in [3.05, 3.63) is 0 Å². The Morgan fingerprint density at radius 1 is 1.32 bits per heavy atom. The molecule has 0 fully saturated rings. The summed E-state index contributed by atoms with van der Waals surface area (Å²) in [7, 11) is 0. The number of thioether (sulfide) groups is 1. The van der Waals surface area contributed by atoms with Crippen molar-refractivity contribution in [1.29, 1.82) is 0 Å². The molecule has 5 nitrogen and oxygen atoms in total. The van der Waals surface area contributed by atoms with Crippen molar-refractivity contribution in [3.63, 3.8) is 0 Å². The van der Waals surface area contributed by atoms with E-state index in [1.165, 1.54) is 11.8 Å². The SMILES string of the molecule is CC(C)CCNC(=O)C(C)SC(C)(C)[C@H](N)C(=O)O. The predicted molar refractivity (Wildman–Crippen MR) is 79.2 cm³/mol. The van der Waals surface area contributed by atoms with Crippen molar-refractivity contribution in [2.24, 2.45) is 11.7 Å². The van der Waals surface area contributed by atoms with Crippen molar-refractivity contribution in [1.82, 2.24) is 5.32 Å². The monoisotopic (exact) mass is 290 g/mol. The molecule has 0 saturated heterocycles. The van der Waals surface area contributed by atoms with E-state index in [-0.39, 0.29) is 11.2 Å². The van der Waals surface area contributed by atoms with Crippen molar-refractivity contribution < 1.29 is 14.7 Å². The molecule has 6 heteroatoms. The molecule has 0 heterocycles. The summed E-state index contributed by atoms with van der Waals surface area (Å²) in [5, 5.41) is 11.5. The number of carbonyl (C=O) groups excluding carboxylic acids is 1. The fourth-order valence-corrected chi connectivity index (χ4v) is 2.86. The molecule has 0 aromatic heterocycles. The summed E-state index contributed by atoms with van der Waals surface area (Å²) < 4.78 is -0.694. The third-order valence-corrected chi connectivity index (χ3v) is 4.31. The van der Waals surface area contributed by atoms with Gasteiger partial charge in [-0.15, -0.1) is 11.8 Å². The van der Waals surface area contributed by atoms with Crippen LogP contribution in [0.5, 0.6) is 0 Å². The summed E-state index contributed by atoms with van der Waals surface area (Å²) >= 11 is 1.29. The van der Waals surface area contributed by atoms with E-state index >= 15 is 0 Å². The topological polar surface area (TPSA) is 92.4 Å². The average molecular weight is 290 g/mol. The van der Waals surface area contributed by atoms with Gasteiger partial charge in [-0.25, -0.2) is 0 Å². The van der Waals surface area contributed by atoms with E-state index in [0.29, 0.717) is 12.5 Å². The summed E-state index contributed by atoms with van der Waals surface area (Å²) in [6, 6.07) is -0.997. The molecular weight excluding hydrogens is 264 g/mol. The Kier molecular flexibility index (Phi) is 7.44. The third kappa shape index (κ3) is 6.82. The highest BCUT2D eigenvalue weighted by molar-refractivity contribution is 8.02. The number of nitrogens with one attached hydrogen (secondary N) is 1. The van der Waals surface area contributed by atoms with Gasteiger partial charge < -0.3 is 16.2 Å². The molecule has 0 bridgehead atoms. The van der Waals surface area contributed by atoms with E-state index in [9.17, 15) is 9.59 Å². The Labute approximate surface area is 119 Å². The summed E-state index contributed by atoms with van der Waals surface area (Å²) in [5.41, 5.74) is 5.63. The maximum Gasteiger partial charge on any atom is 0.321 e. The number of rotatable bonds is 8. The Hall–Kier alpha value is -0.750. The second kappa shape index (κ2) is 7.75. The molecular formula is C13H26N2O3S. The Bertz CT molecular complexity index is 319. The van der Waals surface area contributed by atoms with Crippen LogP contribution in [0.4, 0.5) is 0 Å². The second-order valence-electron chi connectivity index (χ2n) is 5.65. The smallest absolute Gasteiger partial charge is 0.321 e. The van der Waals surface area contributed by atoms with Gasteiger partial charge in [0.2, 0.25) is 5.91 Å². The average Bonchev–Trinajstić information content (AvgIpc) is 2.26. The zero-order valence-electron chi connectivity index (χ0n) is 12.4. The summed E-state index contributed by atoms with van der Waals surface area (Å²) in [6.45, 7) is 10.1. The van der Waals surface area contributed by atoms with E-state index < -0.39 is 16.8 Å². The van der Waals surface area contributed by atoms with Gasteiger partial charge in [0.05, 0.1) is 5.25 Å². The molecule has 0 aliphatic rings. The largest absolute Gasteiger partial charge is 0.480 e. The quantitative estimate of drug-likeness (QED) is 0.629. The summed E-state index contributed by atoms with van der Waals surface area (Å²) in [4.78, 5) is 22.8. The fourth-order valence-electron chi connectivity index (χ4n) is 1.51. The number of carbonyl (C=O) groups is 2. The lowest BCUT2D eigenvalue weighted by molar-refractivity contribution is -0.139. The van der Waals surface area contributed by atoms with Crippen LogP contribution in [-0.2, 0) is 9.59 Å². The van der Waals surface area contributed by atoms with E-state index in [1.54, 1.807) is 20.8 Å². The van der Waals surface area contributed by atoms with Gasteiger partial charge >= 0.3 is 5.97 Å². The minimum absolute atomic E-state index is 0.0729. The second-order valence-corrected chi connectivity index (χ2v) is 7.65. The maximum atomic E-state index is 11.9. The van der Waals surface area contributed by atoms with Crippen LogP contribution in [0, 0.1) is 5.92 Å². The van der Waals surface area contributed by atoms with Crippen molar-refractivity contribution in [2.75, 3.05) is 6.54 Å². The molecule has 0 aliphatic carbocycles. The molecule has 0 rings (SSSR count). The van der Waals surface area contributed by atoms with Gasteiger partial charge in [0.25, 0.3) is 0 Å². The molecule has 1 amide bonds. The number of hydrogen-bond donors (Lipinski definition) is 3. The highest BCUT2D eigenvalue weighted by Gasteiger charge is 2.35. The molecule has 0 spiro atoms. The molecule has 2 atom stereocenters. The van der Waals surface area contributed by atoms with Gasteiger partial charge in [-0.3, -0.25) is 9.59 Å². The minimum Gasteiger partial charge on any atom is -0.480 e. The summed E-state index contributed by atoms with van der Waals surface area (Å²) in [5.74, 6) is -0.582. The van der Waals surface area contributed by atoms with E-state index in [0.717, 1.165) is 6.42 Å². The molecule has 0 aliphatic heterocycles. The number of carboxylic acids is 1. The number of hydrogen-bond acceptors (Lipinski definition) is 4. The normalized spacial score (nSPS) is 15.1. The van der Waals surface area contributed by atoms with Crippen LogP contribution in [0.15, 0.2) is 0 Å². The maximum absolute atomic E-state index is 11.9. The summed E-state index contributed by atoms with van der Waals surface area (Å²) in [6.07, 6.45) is 0.932. The first kappa shape index (κ1) is 18.2. The van der Waals surface area contributed by atoms with Crippen LogP contribution in [-0.4, -0.2) is 39.6 Å². The standard InChI is InChI=1S/C13H26N2O3S/c1-8(2)6-7-15-11(16)9(3)19-13(4,5)10(14)12(17)18/h8-10H,6-7,14H2,1-5H3,(H,15,16)(H,17,18)/t9?,10-/m1/s1. The highest BCUT2D eigenvalue weighted by Crippen LogP contribution is 2.31. The zero-order valence-corrected chi connectivity index (χ0v) is 13.2. The molecule has 19 heavy (non-hydrogen) atoms. The molecule has 0 aromatic rings. The van der Waals surface area contributed by atoms with Crippen LogP contribution in [0.3, 0.4) is 0 Å². The van der Waals surface area contributed by atoms with Crippen LogP contribution in [0.2, 0.25) is 0 Å². The highest BCUT2D eigenvalue weighted by atomic mass is 32.2. The third-order valence-electron chi connectivity index (χ3n) is 2.89. The van der Waals surface area contributed by atoms with Gasteiger partial charge in [-0.05, 0) is 33.1 Å². The van der Waals surface area contributed by atoms with Gasteiger partial charge in [0, 0.05) is 11.3 Å². The molecule has 4 N–H and O–H groups in total. The fraction of sp³-hybridized carbons (Fsp3) is 0.846. The molecule has 0 saturated carbocycles. The first-order valence-corrected chi connectivity index (χ1v) is 7.39. The van der Waals surface area contributed by atoms with E-state index in [4.69, 9.17) is 10.8 Å². The van der Waals surface area contributed by atoms with Crippen LogP contribution in [0.25, 0.3) is 0 Å². The van der Waals surface area contributed by atoms with Crippen molar-refractivity contribution in [2.45, 2.75) is 57.1 Å².